The topological polar surface area (TPSA) is 39.5 Å². The molecule has 140 valence electrons. The second-order valence-corrected chi connectivity index (χ2v) is 7.43. The fourth-order valence-corrected chi connectivity index (χ4v) is 4.05. The molecule has 0 radical (unpaired) electrons. The van der Waals surface area contributed by atoms with Crippen molar-refractivity contribution in [3.8, 4) is 17.2 Å². The quantitative estimate of drug-likeness (QED) is 0.833. The molecule has 1 aliphatic carbocycles. The lowest BCUT2D eigenvalue weighted by Crippen LogP contribution is -2.33. The minimum atomic E-state index is 0.703. The first-order valence-electron chi connectivity index (χ1n) is 9.99. The predicted octanol–water partition coefficient (Wildman–Crippen LogP) is 3.92. The SMILES string of the molecule is c1cn(-c2ccc3c(c2)OCCN(CCC2CCCCC2)CCO3)cn1. The largest absolute Gasteiger partial charge is 0.488 e. The van der Waals surface area contributed by atoms with E-state index in [1.807, 2.05) is 29.0 Å². The van der Waals surface area contributed by atoms with Crippen molar-refractivity contribution in [2.45, 2.75) is 38.5 Å². The van der Waals surface area contributed by atoms with E-state index in [1.54, 1.807) is 12.5 Å². The maximum atomic E-state index is 6.07. The molecule has 1 aromatic carbocycles. The lowest BCUT2D eigenvalue weighted by molar-refractivity contribution is 0.179. The monoisotopic (exact) mass is 355 g/mol. The van der Waals surface area contributed by atoms with E-state index in [1.165, 1.54) is 38.5 Å². The molecule has 2 aromatic rings. The van der Waals surface area contributed by atoms with Gasteiger partial charge in [0.25, 0.3) is 0 Å². The van der Waals surface area contributed by atoms with Crippen LogP contribution in [-0.4, -0.2) is 47.3 Å². The third kappa shape index (κ3) is 4.39. The van der Waals surface area contributed by atoms with Gasteiger partial charge in [0.15, 0.2) is 11.5 Å². The van der Waals surface area contributed by atoms with Gasteiger partial charge in [0.05, 0.1) is 12.0 Å². The highest BCUT2D eigenvalue weighted by Gasteiger charge is 2.17. The number of rotatable bonds is 4. The van der Waals surface area contributed by atoms with Crippen LogP contribution in [0.4, 0.5) is 0 Å². The molecule has 0 saturated heterocycles. The van der Waals surface area contributed by atoms with Crippen LogP contribution in [0.25, 0.3) is 5.69 Å². The molecule has 0 amide bonds. The Balaban J connectivity index is 1.35. The van der Waals surface area contributed by atoms with E-state index < -0.39 is 0 Å². The molecular weight excluding hydrogens is 326 g/mol. The van der Waals surface area contributed by atoms with Crippen LogP contribution in [0.3, 0.4) is 0 Å². The molecule has 1 aliphatic heterocycles. The van der Waals surface area contributed by atoms with Crippen LogP contribution in [0, 0.1) is 5.92 Å². The van der Waals surface area contributed by atoms with Crippen LogP contribution in [0.2, 0.25) is 0 Å². The Labute approximate surface area is 155 Å². The van der Waals surface area contributed by atoms with Crippen LogP contribution in [-0.2, 0) is 0 Å². The number of aromatic nitrogens is 2. The molecule has 5 heteroatoms. The summed E-state index contributed by atoms with van der Waals surface area (Å²) in [5.41, 5.74) is 1.04. The normalized spacial score (nSPS) is 19.5. The molecule has 1 aromatic heterocycles. The summed E-state index contributed by atoms with van der Waals surface area (Å²) in [6, 6.07) is 6.08. The molecule has 0 spiro atoms. The molecule has 4 rings (SSSR count). The van der Waals surface area contributed by atoms with Crippen molar-refractivity contribution in [3.63, 3.8) is 0 Å². The van der Waals surface area contributed by atoms with Gasteiger partial charge < -0.3 is 14.0 Å². The highest BCUT2D eigenvalue weighted by atomic mass is 16.5. The van der Waals surface area contributed by atoms with E-state index in [2.05, 4.69) is 9.88 Å². The number of ether oxygens (including phenoxy) is 2. The van der Waals surface area contributed by atoms with Crippen molar-refractivity contribution >= 4 is 0 Å². The predicted molar refractivity (Wildman–Crippen MR) is 102 cm³/mol. The summed E-state index contributed by atoms with van der Waals surface area (Å²) in [4.78, 5) is 6.61. The Hall–Kier alpha value is -2.01. The second kappa shape index (κ2) is 8.58. The summed E-state index contributed by atoms with van der Waals surface area (Å²) in [5, 5.41) is 0. The van der Waals surface area contributed by atoms with E-state index in [0.29, 0.717) is 13.2 Å². The third-order valence-corrected chi connectivity index (χ3v) is 5.64. The van der Waals surface area contributed by atoms with Gasteiger partial charge in [0, 0.05) is 31.5 Å². The van der Waals surface area contributed by atoms with Crippen LogP contribution in [0.1, 0.15) is 38.5 Å². The van der Waals surface area contributed by atoms with E-state index >= 15 is 0 Å². The van der Waals surface area contributed by atoms with Crippen LogP contribution >= 0.6 is 0 Å². The van der Waals surface area contributed by atoms with Crippen molar-refractivity contribution in [1.29, 1.82) is 0 Å². The molecule has 0 bridgehead atoms. The highest BCUT2D eigenvalue weighted by Crippen LogP contribution is 2.31. The van der Waals surface area contributed by atoms with E-state index in [4.69, 9.17) is 9.47 Å². The molecule has 2 aliphatic rings. The molecule has 2 heterocycles. The summed E-state index contributed by atoms with van der Waals surface area (Å²) in [6.45, 7) is 4.51. The Morgan fingerprint density at radius 3 is 2.58 bits per heavy atom. The number of nitrogens with zero attached hydrogens (tertiary/aromatic N) is 3. The average Bonchev–Trinajstić information content (AvgIpc) is 3.24. The first kappa shape index (κ1) is 17.4. The fraction of sp³-hybridized carbons (Fsp3) is 0.571. The van der Waals surface area contributed by atoms with Gasteiger partial charge in [-0.15, -0.1) is 0 Å². The Kier molecular flexibility index (Phi) is 5.75. The van der Waals surface area contributed by atoms with Gasteiger partial charge in [0.2, 0.25) is 0 Å². The van der Waals surface area contributed by atoms with E-state index in [0.717, 1.165) is 42.7 Å². The minimum Gasteiger partial charge on any atom is -0.488 e. The minimum absolute atomic E-state index is 0.703. The lowest BCUT2D eigenvalue weighted by atomic mass is 9.87. The fourth-order valence-electron chi connectivity index (χ4n) is 4.05. The van der Waals surface area contributed by atoms with Crippen molar-refractivity contribution in [3.05, 3.63) is 36.9 Å². The lowest BCUT2D eigenvalue weighted by Gasteiger charge is -2.26. The number of hydrogen-bond donors (Lipinski definition) is 0. The maximum absolute atomic E-state index is 6.07. The molecule has 1 fully saturated rings. The summed E-state index contributed by atoms with van der Waals surface area (Å²) in [6.07, 6.45) is 13.9. The first-order chi connectivity index (χ1) is 12.9. The van der Waals surface area contributed by atoms with Gasteiger partial charge in [-0.05, 0) is 31.0 Å². The summed E-state index contributed by atoms with van der Waals surface area (Å²) < 4.78 is 14.1. The Morgan fingerprint density at radius 1 is 1.00 bits per heavy atom. The van der Waals surface area contributed by atoms with Crippen LogP contribution < -0.4 is 9.47 Å². The third-order valence-electron chi connectivity index (χ3n) is 5.64. The molecule has 0 N–H and O–H groups in total. The highest BCUT2D eigenvalue weighted by molar-refractivity contribution is 5.49. The number of imidazole rings is 1. The molecule has 5 nitrogen and oxygen atoms in total. The van der Waals surface area contributed by atoms with Gasteiger partial charge in [-0.25, -0.2) is 4.98 Å². The second-order valence-electron chi connectivity index (χ2n) is 7.43. The average molecular weight is 355 g/mol. The van der Waals surface area contributed by atoms with E-state index in [-0.39, 0.29) is 0 Å². The van der Waals surface area contributed by atoms with Crippen molar-refractivity contribution in [2.75, 3.05) is 32.8 Å². The Morgan fingerprint density at radius 2 is 1.81 bits per heavy atom. The van der Waals surface area contributed by atoms with Crippen molar-refractivity contribution in [1.82, 2.24) is 14.5 Å². The van der Waals surface area contributed by atoms with Gasteiger partial charge in [-0.3, -0.25) is 4.90 Å². The summed E-state index contributed by atoms with van der Waals surface area (Å²) in [5.74, 6) is 2.58. The van der Waals surface area contributed by atoms with Crippen LogP contribution in [0.15, 0.2) is 36.9 Å². The number of fused-ring (bicyclic) bond motifs is 1. The molecule has 26 heavy (non-hydrogen) atoms. The maximum Gasteiger partial charge on any atom is 0.163 e. The molecule has 0 atom stereocenters. The van der Waals surface area contributed by atoms with Gasteiger partial charge in [-0.2, -0.15) is 0 Å². The van der Waals surface area contributed by atoms with Gasteiger partial charge in [-0.1, -0.05) is 32.1 Å². The molecule has 0 unspecified atom stereocenters. The number of hydrogen-bond acceptors (Lipinski definition) is 4. The van der Waals surface area contributed by atoms with Gasteiger partial charge in [0.1, 0.15) is 13.2 Å². The number of benzene rings is 1. The molecule has 1 saturated carbocycles. The molecular formula is C21H29N3O2. The zero-order chi connectivity index (χ0) is 17.6. The Bertz CT molecular complexity index is 681. The zero-order valence-corrected chi connectivity index (χ0v) is 15.5. The standard InChI is InChI=1S/C21H29N3O2/c1-2-4-18(5-3-1)8-10-23-12-14-25-20-7-6-19(24-11-9-22-17-24)16-21(20)26-15-13-23/h6-7,9,11,16-18H,1-5,8,10,12-15H2. The van der Waals surface area contributed by atoms with E-state index in [9.17, 15) is 0 Å². The smallest absolute Gasteiger partial charge is 0.163 e. The first-order valence-corrected chi connectivity index (χ1v) is 9.99. The van der Waals surface area contributed by atoms with Gasteiger partial charge >= 0.3 is 0 Å². The summed E-state index contributed by atoms with van der Waals surface area (Å²) >= 11 is 0. The van der Waals surface area contributed by atoms with Crippen LogP contribution in [0.5, 0.6) is 11.5 Å². The van der Waals surface area contributed by atoms with Crippen molar-refractivity contribution < 1.29 is 9.47 Å². The summed E-state index contributed by atoms with van der Waals surface area (Å²) in [7, 11) is 0. The zero-order valence-electron chi connectivity index (χ0n) is 15.5. The van der Waals surface area contributed by atoms with Crippen molar-refractivity contribution in [2.24, 2.45) is 5.92 Å².